The second kappa shape index (κ2) is 6.53. The Bertz CT molecular complexity index is 579. The Kier molecular flexibility index (Phi) is 4.74. The van der Waals surface area contributed by atoms with Gasteiger partial charge >= 0.3 is 0 Å². The second-order valence-electron chi connectivity index (χ2n) is 5.15. The first-order valence-electron chi connectivity index (χ1n) is 7.01. The molecule has 106 valence electrons. The standard InChI is InChI=1S/C17H21NO2/c1-4-13-6-5-7-15(8-13)20-17-10-14(11-19)9-16(18-17)12(2)3/h5-10,12,19H,4,11H2,1-3H3. The molecule has 0 atom stereocenters. The number of hydrogen-bond donors (Lipinski definition) is 1. The molecule has 0 unspecified atom stereocenters. The molecule has 2 aromatic rings. The van der Waals surface area contributed by atoms with Crippen molar-refractivity contribution in [1.82, 2.24) is 4.98 Å². The van der Waals surface area contributed by atoms with Crippen LogP contribution in [0, 0.1) is 0 Å². The Morgan fingerprint density at radius 2 is 1.95 bits per heavy atom. The van der Waals surface area contributed by atoms with Crippen LogP contribution in [-0.4, -0.2) is 10.1 Å². The molecule has 1 N–H and O–H groups in total. The maximum Gasteiger partial charge on any atom is 0.219 e. The zero-order chi connectivity index (χ0) is 14.5. The number of benzene rings is 1. The number of aliphatic hydroxyl groups is 1. The molecule has 1 heterocycles. The SMILES string of the molecule is CCc1cccc(Oc2cc(CO)cc(C(C)C)n2)c1. The molecule has 0 saturated heterocycles. The number of hydrogen-bond acceptors (Lipinski definition) is 3. The third kappa shape index (κ3) is 3.58. The van der Waals surface area contributed by atoms with Gasteiger partial charge in [0.25, 0.3) is 0 Å². The maximum atomic E-state index is 9.33. The van der Waals surface area contributed by atoms with E-state index in [0.29, 0.717) is 11.8 Å². The summed E-state index contributed by atoms with van der Waals surface area (Å²) in [6, 6.07) is 11.7. The Balaban J connectivity index is 2.29. The number of rotatable bonds is 5. The summed E-state index contributed by atoms with van der Waals surface area (Å²) in [4.78, 5) is 4.50. The van der Waals surface area contributed by atoms with E-state index in [-0.39, 0.29) is 6.61 Å². The molecule has 2 rings (SSSR count). The van der Waals surface area contributed by atoms with E-state index >= 15 is 0 Å². The summed E-state index contributed by atoms with van der Waals surface area (Å²) in [7, 11) is 0. The molecule has 0 amide bonds. The van der Waals surface area contributed by atoms with Gasteiger partial charge in [0, 0.05) is 11.8 Å². The van der Waals surface area contributed by atoms with E-state index in [9.17, 15) is 5.11 Å². The van der Waals surface area contributed by atoms with Crippen LogP contribution in [0.25, 0.3) is 0 Å². The van der Waals surface area contributed by atoms with Gasteiger partial charge in [0.1, 0.15) is 5.75 Å². The van der Waals surface area contributed by atoms with Gasteiger partial charge in [-0.3, -0.25) is 0 Å². The smallest absolute Gasteiger partial charge is 0.219 e. The van der Waals surface area contributed by atoms with Gasteiger partial charge in [-0.25, -0.2) is 4.98 Å². The van der Waals surface area contributed by atoms with Crippen molar-refractivity contribution in [2.24, 2.45) is 0 Å². The van der Waals surface area contributed by atoms with Crippen molar-refractivity contribution in [3.05, 3.63) is 53.2 Å². The van der Waals surface area contributed by atoms with E-state index in [4.69, 9.17) is 4.74 Å². The molecule has 1 aromatic heterocycles. The summed E-state index contributed by atoms with van der Waals surface area (Å²) in [5.74, 6) is 1.61. The number of aryl methyl sites for hydroxylation is 1. The number of nitrogens with zero attached hydrogens (tertiary/aromatic N) is 1. The topological polar surface area (TPSA) is 42.4 Å². The van der Waals surface area contributed by atoms with Crippen LogP contribution >= 0.6 is 0 Å². The van der Waals surface area contributed by atoms with Gasteiger partial charge in [-0.1, -0.05) is 32.9 Å². The molecule has 0 bridgehead atoms. The third-order valence-electron chi connectivity index (χ3n) is 3.18. The van der Waals surface area contributed by atoms with Gasteiger partial charge in [0.15, 0.2) is 0 Å². The normalized spacial score (nSPS) is 10.8. The summed E-state index contributed by atoms with van der Waals surface area (Å²) in [6.45, 7) is 6.25. The first kappa shape index (κ1) is 14.5. The fraction of sp³-hybridized carbons (Fsp3) is 0.353. The van der Waals surface area contributed by atoms with Gasteiger partial charge in [-0.15, -0.1) is 0 Å². The van der Waals surface area contributed by atoms with Crippen LogP contribution in [0.2, 0.25) is 0 Å². The predicted molar refractivity (Wildman–Crippen MR) is 80.1 cm³/mol. The van der Waals surface area contributed by atoms with Crippen molar-refractivity contribution in [3.8, 4) is 11.6 Å². The lowest BCUT2D eigenvalue weighted by Crippen LogP contribution is -1.99. The van der Waals surface area contributed by atoms with Crippen molar-refractivity contribution in [2.45, 2.75) is 39.7 Å². The van der Waals surface area contributed by atoms with E-state index in [2.05, 4.69) is 31.8 Å². The minimum atomic E-state index is -0.00635. The van der Waals surface area contributed by atoms with Crippen LogP contribution in [0.1, 0.15) is 43.5 Å². The summed E-state index contributed by atoms with van der Waals surface area (Å²) in [5.41, 5.74) is 2.98. The summed E-state index contributed by atoms with van der Waals surface area (Å²) in [6.07, 6.45) is 0.971. The minimum absolute atomic E-state index is 0.00635. The van der Waals surface area contributed by atoms with Crippen LogP contribution in [0.3, 0.4) is 0 Å². The van der Waals surface area contributed by atoms with Gasteiger partial charge < -0.3 is 9.84 Å². The molecule has 20 heavy (non-hydrogen) atoms. The fourth-order valence-electron chi connectivity index (χ4n) is 1.97. The third-order valence-corrected chi connectivity index (χ3v) is 3.18. The Morgan fingerprint density at radius 3 is 2.60 bits per heavy atom. The lowest BCUT2D eigenvalue weighted by molar-refractivity contribution is 0.280. The molecule has 0 aliphatic heterocycles. The van der Waals surface area contributed by atoms with Crippen LogP contribution in [0.5, 0.6) is 11.6 Å². The molecule has 0 aliphatic carbocycles. The Labute approximate surface area is 120 Å². The summed E-state index contributed by atoms with van der Waals surface area (Å²) < 4.78 is 5.83. The van der Waals surface area contributed by atoms with Gasteiger partial charge in [0.05, 0.1) is 6.61 Å². The summed E-state index contributed by atoms with van der Waals surface area (Å²) >= 11 is 0. The number of ether oxygens (including phenoxy) is 1. The first-order chi connectivity index (χ1) is 9.62. The number of pyridine rings is 1. The molecular formula is C17H21NO2. The minimum Gasteiger partial charge on any atom is -0.439 e. The lowest BCUT2D eigenvalue weighted by Gasteiger charge is -2.11. The van der Waals surface area contributed by atoms with E-state index < -0.39 is 0 Å². The van der Waals surface area contributed by atoms with Crippen molar-refractivity contribution in [1.29, 1.82) is 0 Å². The molecule has 3 heteroatoms. The van der Waals surface area contributed by atoms with Crippen molar-refractivity contribution in [2.75, 3.05) is 0 Å². The molecule has 0 spiro atoms. The highest BCUT2D eigenvalue weighted by molar-refractivity contribution is 5.34. The zero-order valence-electron chi connectivity index (χ0n) is 12.3. The molecular weight excluding hydrogens is 250 g/mol. The molecule has 3 nitrogen and oxygen atoms in total. The van der Waals surface area contributed by atoms with Gasteiger partial charge in [-0.05, 0) is 41.7 Å². The lowest BCUT2D eigenvalue weighted by atomic mass is 10.1. The Morgan fingerprint density at radius 1 is 1.15 bits per heavy atom. The molecule has 0 saturated carbocycles. The van der Waals surface area contributed by atoms with E-state index in [1.165, 1.54) is 5.56 Å². The maximum absolute atomic E-state index is 9.33. The predicted octanol–water partition coefficient (Wildman–Crippen LogP) is 4.05. The quantitative estimate of drug-likeness (QED) is 0.892. The zero-order valence-corrected chi connectivity index (χ0v) is 12.3. The van der Waals surface area contributed by atoms with Crippen molar-refractivity contribution in [3.63, 3.8) is 0 Å². The fourth-order valence-corrected chi connectivity index (χ4v) is 1.97. The van der Waals surface area contributed by atoms with Gasteiger partial charge in [0.2, 0.25) is 5.88 Å². The van der Waals surface area contributed by atoms with E-state index in [0.717, 1.165) is 23.4 Å². The largest absolute Gasteiger partial charge is 0.439 e. The van der Waals surface area contributed by atoms with Crippen LogP contribution in [0.15, 0.2) is 36.4 Å². The highest BCUT2D eigenvalue weighted by Crippen LogP contribution is 2.24. The van der Waals surface area contributed by atoms with Crippen LogP contribution in [-0.2, 0) is 13.0 Å². The molecule has 0 radical (unpaired) electrons. The Hall–Kier alpha value is -1.87. The average Bonchev–Trinajstić information content (AvgIpc) is 2.47. The number of aliphatic hydroxyl groups excluding tert-OH is 1. The summed E-state index contributed by atoms with van der Waals surface area (Å²) in [5, 5.41) is 9.33. The second-order valence-corrected chi connectivity index (χ2v) is 5.15. The molecule has 0 fully saturated rings. The van der Waals surface area contributed by atoms with E-state index in [1.807, 2.05) is 24.3 Å². The monoisotopic (exact) mass is 271 g/mol. The van der Waals surface area contributed by atoms with Gasteiger partial charge in [-0.2, -0.15) is 0 Å². The van der Waals surface area contributed by atoms with E-state index in [1.54, 1.807) is 6.07 Å². The highest BCUT2D eigenvalue weighted by Gasteiger charge is 2.08. The average molecular weight is 271 g/mol. The van der Waals surface area contributed by atoms with Crippen LogP contribution < -0.4 is 4.74 Å². The molecule has 0 aliphatic rings. The highest BCUT2D eigenvalue weighted by atomic mass is 16.5. The van der Waals surface area contributed by atoms with Crippen LogP contribution in [0.4, 0.5) is 0 Å². The first-order valence-corrected chi connectivity index (χ1v) is 7.01. The van der Waals surface area contributed by atoms with Crippen molar-refractivity contribution >= 4 is 0 Å². The molecule has 1 aromatic carbocycles. The number of aromatic nitrogens is 1. The van der Waals surface area contributed by atoms with Crippen molar-refractivity contribution < 1.29 is 9.84 Å².